The van der Waals surface area contributed by atoms with Gasteiger partial charge in [0.15, 0.2) is 11.5 Å². The van der Waals surface area contributed by atoms with Crippen LogP contribution in [0, 0.1) is 6.92 Å². The summed E-state index contributed by atoms with van der Waals surface area (Å²) in [6.07, 6.45) is 1.34. The predicted molar refractivity (Wildman–Crippen MR) is 217 cm³/mol. The minimum atomic E-state index is -3.75. The molecular formula is C44H46F2N6O8. The van der Waals surface area contributed by atoms with E-state index in [9.17, 15) is 32.8 Å². The fourth-order valence-electron chi connectivity index (χ4n) is 7.39. The molecule has 2 fully saturated rings. The van der Waals surface area contributed by atoms with Crippen LogP contribution in [0.1, 0.15) is 72.7 Å². The number of unbranched alkanes of at least 4 members (excludes halogenated alkanes) is 2. The van der Waals surface area contributed by atoms with E-state index in [2.05, 4.69) is 32.0 Å². The number of piperazine rings is 1. The summed E-state index contributed by atoms with van der Waals surface area (Å²) in [6, 6.07) is 17.8. The molecule has 314 valence electrons. The highest BCUT2D eigenvalue weighted by Gasteiger charge is 2.53. The zero-order valence-electron chi connectivity index (χ0n) is 33.4. The molecule has 7 rings (SSSR count). The molecule has 16 heteroatoms. The Bertz CT molecular complexity index is 2320. The molecule has 2 aromatic heterocycles. The second kappa shape index (κ2) is 17.3. The van der Waals surface area contributed by atoms with Crippen LogP contribution in [0.3, 0.4) is 0 Å². The van der Waals surface area contributed by atoms with Crippen molar-refractivity contribution in [1.29, 1.82) is 0 Å². The number of carbonyl (C=O) groups excluding carboxylic acids is 5. The molecule has 1 saturated heterocycles. The zero-order chi connectivity index (χ0) is 42.6. The monoisotopic (exact) mass is 824 g/mol. The summed E-state index contributed by atoms with van der Waals surface area (Å²) in [5, 5.41) is 8.75. The lowest BCUT2D eigenvalue weighted by Crippen LogP contribution is -2.57. The topological polar surface area (TPSA) is 172 Å². The molecule has 4 aromatic rings. The molecule has 4 heterocycles. The van der Waals surface area contributed by atoms with Crippen molar-refractivity contribution in [2.45, 2.75) is 76.5 Å². The van der Waals surface area contributed by atoms with Crippen LogP contribution in [0.15, 0.2) is 83.8 Å². The molecule has 3 aliphatic rings. The third-order valence-electron chi connectivity index (χ3n) is 11.0. The third-order valence-corrected chi connectivity index (χ3v) is 11.0. The van der Waals surface area contributed by atoms with E-state index >= 15 is 0 Å². The summed E-state index contributed by atoms with van der Waals surface area (Å²) < 4.78 is 42.1. The first-order chi connectivity index (χ1) is 28.8. The summed E-state index contributed by atoms with van der Waals surface area (Å²) in [5.74, 6) is -0.128. The normalized spacial score (nSPS) is 17.2. The molecule has 0 unspecified atom stereocenters. The number of aryl methyl sites for hydroxylation is 2. The maximum absolute atomic E-state index is 13.6. The molecule has 0 radical (unpaired) electrons. The number of nitrogens with one attached hydrogen (secondary N) is 3. The van der Waals surface area contributed by atoms with Crippen molar-refractivity contribution in [3.63, 3.8) is 0 Å². The van der Waals surface area contributed by atoms with Gasteiger partial charge in [-0.2, -0.15) is 0 Å². The van der Waals surface area contributed by atoms with Crippen LogP contribution in [-0.4, -0.2) is 77.9 Å². The second-order valence-corrected chi connectivity index (χ2v) is 15.1. The van der Waals surface area contributed by atoms with Crippen molar-refractivity contribution < 1.29 is 46.6 Å². The van der Waals surface area contributed by atoms with Crippen LogP contribution >= 0.6 is 0 Å². The number of rotatable bonds is 16. The number of halogens is 2. The Morgan fingerprint density at radius 2 is 1.70 bits per heavy atom. The average molecular weight is 825 g/mol. The number of pyridine rings is 1. The van der Waals surface area contributed by atoms with Crippen molar-refractivity contribution in [2.24, 2.45) is 0 Å². The Kier molecular flexibility index (Phi) is 12.0. The molecule has 1 saturated carbocycles. The van der Waals surface area contributed by atoms with E-state index < -0.39 is 17.8 Å². The molecule has 3 N–H and O–H groups in total. The number of anilines is 2. The minimum Gasteiger partial charge on any atom is -0.445 e. The van der Waals surface area contributed by atoms with Gasteiger partial charge < -0.3 is 34.7 Å². The first-order valence-electron chi connectivity index (χ1n) is 19.9. The van der Waals surface area contributed by atoms with E-state index in [1.54, 1.807) is 49.4 Å². The standard InChI is InChI=1S/C44H46F2N6O8/c1-4-37(54)51-23-24-52(41(56)28(51)3)38-18-14-32(58-38)13-17-36(53)47-21-6-5-7-22-48-40(55)30-10-8-9-29(25-30)39-27(2)11-16-35(49-39)50-42(57)43(19-20-43)31-12-15-33-34(26-31)60-44(45,46)59-33/h4,8-12,14-16,18,25-26,28H,1,5-7,13,17,19-24H2,2-3H3,(H,47,53)(H,48,55)(H,49,50,57)/t28-/m1/s1. The fraction of sp³-hybridized carbons (Fsp3) is 0.364. The van der Waals surface area contributed by atoms with Crippen molar-refractivity contribution in [3.8, 4) is 22.8 Å². The summed E-state index contributed by atoms with van der Waals surface area (Å²) >= 11 is 0. The van der Waals surface area contributed by atoms with E-state index in [1.807, 2.05) is 19.1 Å². The molecule has 2 aromatic carbocycles. The van der Waals surface area contributed by atoms with Crippen LogP contribution in [0.4, 0.5) is 20.5 Å². The van der Waals surface area contributed by atoms with E-state index in [-0.39, 0.29) is 47.5 Å². The maximum atomic E-state index is 13.6. The quantitative estimate of drug-likeness (QED) is 0.0900. The van der Waals surface area contributed by atoms with Gasteiger partial charge in [-0.05, 0) is 99.6 Å². The average Bonchev–Trinajstić information content (AvgIpc) is 3.81. The minimum absolute atomic E-state index is 0.0851. The number of hydrogen-bond acceptors (Lipinski definition) is 9. The Hall–Kier alpha value is -6.58. The summed E-state index contributed by atoms with van der Waals surface area (Å²) in [6.45, 7) is 8.65. The van der Waals surface area contributed by atoms with Gasteiger partial charge in [0.05, 0.1) is 11.1 Å². The van der Waals surface area contributed by atoms with Gasteiger partial charge >= 0.3 is 6.29 Å². The number of carbonyl (C=O) groups is 5. The number of amides is 5. The molecule has 1 aliphatic carbocycles. The lowest BCUT2D eigenvalue weighted by Gasteiger charge is -2.37. The molecule has 14 nitrogen and oxygen atoms in total. The van der Waals surface area contributed by atoms with Gasteiger partial charge in [0, 0.05) is 56.2 Å². The summed E-state index contributed by atoms with van der Waals surface area (Å²) in [5.41, 5.74) is 2.22. The largest absolute Gasteiger partial charge is 0.586 e. The maximum Gasteiger partial charge on any atom is 0.586 e. The molecule has 0 bridgehead atoms. The number of hydrogen-bond donors (Lipinski definition) is 3. The smallest absolute Gasteiger partial charge is 0.445 e. The van der Waals surface area contributed by atoms with Crippen molar-refractivity contribution >= 4 is 41.2 Å². The lowest BCUT2D eigenvalue weighted by molar-refractivity contribution is -0.286. The molecular weight excluding hydrogens is 779 g/mol. The Morgan fingerprint density at radius 1 is 0.933 bits per heavy atom. The number of furan rings is 1. The summed E-state index contributed by atoms with van der Waals surface area (Å²) in [4.78, 5) is 71.6. The predicted octanol–water partition coefficient (Wildman–Crippen LogP) is 6.04. The van der Waals surface area contributed by atoms with Crippen LogP contribution in [0.5, 0.6) is 11.5 Å². The first-order valence-corrected chi connectivity index (χ1v) is 19.9. The highest BCUT2D eigenvalue weighted by molar-refractivity contribution is 6.02. The SMILES string of the molecule is C=CC(=O)N1CCN(c2ccc(CCC(=O)NCCCCCNC(=O)c3cccc(-c4nc(NC(=O)C5(c6ccc7c(c6)OC(F)(F)O7)CC5)ccc4C)c3)o2)C(=O)[C@H]1C. The summed E-state index contributed by atoms with van der Waals surface area (Å²) in [7, 11) is 0. The van der Waals surface area contributed by atoms with Gasteiger partial charge in [0.1, 0.15) is 17.6 Å². The van der Waals surface area contributed by atoms with E-state index in [1.165, 1.54) is 28.0 Å². The lowest BCUT2D eigenvalue weighted by atomic mass is 9.94. The molecule has 2 aliphatic heterocycles. The number of alkyl halides is 2. The van der Waals surface area contributed by atoms with Crippen molar-refractivity contribution in [3.05, 3.63) is 102 Å². The van der Waals surface area contributed by atoms with E-state index in [0.29, 0.717) is 91.7 Å². The van der Waals surface area contributed by atoms with Gasteiger partial charge in [-0.3, -0.25) is 28.9 Å². The van der Waals surface area contributed by atoms with Crippen LogP contribution in [0.2, 0.25) is 0 Å². The number of ether oxygens (including phenoxy) is 2. The second-order valence-electron chi connectivity index (χ2n) is 15.1. The third kappa shape index (κ3) is 9.17. The molecule has 1 atom stereocenters. The van der Waals surface area contributed by atoms with Crippen LogP contribution in [0.25, 0.3) is 11.3 Å². The number of fused-ring (bicyclic) bond motifs is 1. The molecule has 60 heavy (non-hydrogen) atoms. The molecule has 5 amide bonds. The van der Waals surface area contributed by atoms with Crippen molar-refractivity contribution in [1.82, 2.24) is 20.5 Å². The molecule has 0 spiro atoms. The highest BCUT2D eigenvalue weighted by atomic mass is 19.3. The van der Waals surface area contributed by atoms with Crippen molar-refractivity contribution in [2.75, 3.05) is 36.4 Å². The van der Waals surface area contributed by atoms with Crippen LogP contribution < -0.4 is 30.3 Å². The number of nitrogens with zero attached hydrogens (tertiary/aromatic N) is 3. The van der Waals surface area contributed by atoms with Gasteiger partial charge in [-0.1, -0.05) is 30.8 Å². The Labute approximate surface area is 345 Å². The van der Waals surface area contributed by atoms with Crippen LogP contribution in [-0.2, 0) is 31.0 Å². The fourth-order valence-corrected chi connectivity index (χ4v) is 7.39. The first kappa shape index (κ1) is 41.6. The number of benzene rings is 2. The van der Waals surface area contributed by atoms with Gasteiger partial charge in [-0.25, -0.2) is 4.98 Å². The zero-order valence-corrected chi connectivity index (χ0v) is 33.4. The number of aromatic nitrogens is 1. The Balaban J connectivity index is 0.820. The van der Waals surface area contributed by atoms with Gasteiger partial charge in [0.2, 0.25) is 23.6 Å². The van der Waals surface area contributed by atoms with Gasteiger partial charge in [-0.15, -0.1) is 8.78 Å². The Morgan fingerprint density at radius 3 is 2.47 bits per heavy atom. The van der Waals surface area contributed by atoms with E-state index in [0.717, 1.165) is 18.4 Å². The van der Waals surface area contributed by atoms with E-state index in [4.69, 9.17) is 9.40 Å². The highest BCUT2D eigenvalue weighted by Crippen LogP contribution is 2.52. The van der Waals surface area contributed by atoms with Gasteiger partial charge in [0.25, 0.3) is 11.8 Å².